The van der Waals surface area contributed by atoms with Crippen LogP contribution in [0.5, 0.6) is 0 Å². The van der Waals surface area contributed by atoms with Crippen molar-refractivity contribution >= 4 is 6.21 Å². The third-order valence-corrected chi connectivity index (χ3v) is 4.26. The zero-order valence-electron chi connectivity index (χ0n) is 15.1. The minimum atomic E-state index is 0.313. The number of rotatable bonds is 5. The Morgan fingerprint density at radius 2 is 1.77 bits per heavy atom. The van der Waals surface area contributed by atoms with Crippen molar-refractivity contribution in [2.45, 2.75) is 53.9 Å². The molecule has 1 aliphatic rings. The Kier molecular flexibility index (Phi) is 7.31. The first kappa shape index (κ1) is 18.4. The molecule has 0 unspecified atom stereocenters. The maximum absolute atomic E-state index is 3.95. The first-order valence-electron chi connectivity index (χ1n) is 8.19. The van der Waals surface area contributed by atoms with E-state index in [4.69, 9.17) is 0 Å². The zero-order valence-corrected chi connectivity index (χ0v) is 15.1. The number of aliphatic imine (C=N–C) groups is 1. The highest BCUT2D eigenvalue weighted by atomic mass is 14.6. The van der Waals surface area contributed by atoms with Crippen molar-refractivity contribution in [1.29, 1.82) is 0 Å². The Morgan fingerprint density at radius 1 is 1.09 bits per heavy atom. The van der Waals surface area contributed by atoms with E-state index in [1.807, 2.05) is 12.3 Å². The minimum absolute atomic E-state index is 0.313. The first-order chi connectivity index (χ1) is 10.4. The second-order valence-corrected chi connectivity index (χ2v) is 6.85. The third-order valence-electron chi connectivity index (χ3n) is 4.26. The van der Waals surface area contributed by atoms with E-state index < -0.39 is 0 Å². The van der Waals surface area contributed by atoms with Gasteiger partial charge >= 0.3 is 0 Å². The first-order valence-corrected chi connectivity index (χ1v) is 8.19. The quantitative estimate of drug-likeness (QED) is 0.422. The molecule has 0 saturated carbocycles. The summed E-state index contributed by atoms with van der Waals surface area (Å²) in [5.74, 6) is 0. The Morgan fingerprint density at radius 3 is 2.41 bits per heavy atom. The van der Waals surface area contributed by atoms with E-state index in [1.54, 1.807) is 12.6 Å². The molecule has 22 heavy (non-hydrogen) atoms. The van der Waals surface area contributed by atoms with Crippen molar-refractivity contribution in [3.8, 4) is 0 Å². The van der Waals surface area contributed by atoms with Crippen molar-refractivity contribution in [2.24, 2.45) is 10.4 Å². The van der Waals surface area contributed by atoms with E-state index in [-0.39, 0.29) is 0 Å². The summed E-state index contributed by atoms with van der Waals surface area (Å²) in [7, 11) is 1.78. The fourth-order valence-electron chi connectivity index (χ4n) is 2.88. The van der Waals surface area contributed by atoms with Crippen molar-refractivity contribution in [3.05, 3.63) is 58.7 Å². The second-order valence-electron chi connectivity index (χ2n) is 6.85. The summed E-state index contributed by atoms with van der Waals surface area (Å²) in [6.45, 7) is 11.2. The molecule has 0 aromatic carbocycles. The SMILES string of the molecule is CN=CC=C(C)C=CC=C(C)C=CC1=C(C)CCCC1(C)C. The highest BCUT2D eigenvalue weighted by Crippen LogP contribution is 2.40. The molecule has 0 fully saturated rings. The predicted octanol–water partition coefficient (Wildman–Crippen LogP) is 6.22. The van der Waals surface area contributed by atoms with Crippen LogP contribution in [0.1, 0.15) is 53.9 Å². The van der Waals surface area contributed by atoms with Gasteiger partial charge in [-0.1, -0.05) is 55.4 Å². The van der Waals surface area contributed by atoms with Gasteiger partial charge in [0.2, 0.25) is 0 Å². The molecular formula is C21H31N. The van der Waals surface area contributed by atoms with Gasteiger partial charge in [-0.25, -0.2) is 0 Å². The van der Waals surface area contributed by atoms with Crippen LogP contribution in [-0.2, 0) is 0 Å². The lowest BCUT2D eigenvalue weighted by Crippen LogP contribution is -2.19. The highest BCUT2D eigenvalue weighted by Gasteiger charge is 2.26. The maximum Gasteiger partial charge on any atom is 0.0277 e. The number of nitrogens with zero attached hydrogens (tertiary/aromatic N) is 1. The highest BCUT2D eigenvalue weighted by molar-refractivity contribution is 5.72. The number of hydrogen-bond acceptors (Lipinski definition) is 1. The molecule has 0 N–H and O–H groups in total. The lowest BCUT2D eigenvalue weighted by molar-refractivity contribution is 0.377. The maximum atomic E-state index is 3.95. The van der Waals surface area contributed by atoms with Crippen molar-refractivity contribution in [3.63, 3.8) is 0 Å². The van der Waals surface area contributed by atoms with Crippen LogP contribution >= 0.6 is 0 Å². The van der Waals surface area contributed by atoms with E-state index in [0.29, 0.717) is 5.41 Å². The molecule has 120 valence electrons. The monoisotopic (exact) mass is 297 g/mol. The van der Waals surface area contributed by atoms with Gasteiger partial charge in [-0.05, 0) is 62.7 Å². The summed E-state index contributed by atoms with van der Waals surface area (Å²) in [6, 6.07) is 0. The van der Waals surface area contributed by atoms with Crippen LogP contribution in [0.25, 0.3) is 0 Å². The second kappa shape index (κ2) is 8.73. The number of hydrogen-bond donors (Lipinski definition) is 0. The zero-order chi connectivity index (χ0) is 16.6. The molecule has 0 spiro atoms. The summed E-state index contributed by atoms with van der Waals surface area (Å²) < 4.78 is 0. The fourth-order valence-corrected chi connectivity index (χ4v) is 2.88. The largest absolute Gasteiger partial charge is 0.297 e. The standard InChI is InChI=1S/C21H31N/c1-17(9-7-10-18(2)14-16-22-6)12-13-20-19(3)11-8-15-21(20,4)5/h7,9-10,12-14,16H,8,11,15H2,1-6H3. The van der Waals surface area contributed by atoms with Crippen molar-refractivity contribution in [2.75, 3.05) is 7.05 Å². The molecule has 0 atom stereocenters. The summed E-state index contributed by atoms with van der Waals surface area (Å²) in [5.41, 5.74) is 5.85. The van der Waals surface area contributed by atoms with Gasteiger partial charge < -0.3 is 0 Å². The molecule has 1 aliphatic carbocycles. The summed E-state index contributed by atoms with van der Waals surface area (Å²) in [5, 5.41) is 0. The van der Waals surface area contributed by atoms with Crippen LogP contribution in [0.3, 0.4) is 0 Å². The molecule has 1 rings (SSSR count). The fraction of sp³-hybridized carbons (Fsp3) is 0.476. The van der Waals surface area contributed by atoms with E-state index in [2.05, 4.69) is 70.0 Å². The molecule has 1 heteroatoms. The van der Waals surface area contributed by atoms with E-state index in [9.17, 15) is 0 Å². The molecular weight excluding hydrogens is 266 g/mol. The van der Waals surface area contributed by atoms with Gasteiger partial charge in [-0.15, -0.1) is 0 Å². The summed E-state index contributed by atoms with van der Waals surface area (Å²) >= 11 is 0. The van der Waals surface area contributed by atoms with Crippen LogP contribution < -0.4 is 0 Å². The van der Waals surface area contributed by atoms with Crippen LogP contribution in [0.4, 0.5) is 0 Å². The van der Waals surface area contributed by atoms with Gasteiger partial charge in [-0.2, -0.15) is 0 Å². The topological polar surface area (TPSA) is 12.4 Å². The smallest absolute Gasteiger partial charge is 0.0277 e. The molecule has 0 aliphatic heterocycles. The molecule has 0 saturated heterocycles. The normalized spacial score (nSPS) is 20.8. The van der Waals surface area contributed by atoms with Gasteiger partial charge in [-0.3, -0.25) is 4.99 Å². The van der Waals surface area contributed by atoms with Crippen molar-refractivity contribution < 1.29 is 0 Å². The van der Waals surface area contributed by atoms with Crippen LogP contribution in [0, 0.1) is 5.41 Å². The molecule has 0 radical (unpaired) electrons. The van der Waals surface area contributed by atoms with E-state index in [0.717, 1.165) is 0 Å². The number of allylic oxidation sites excluding steroid dienone is 10. The van der Waals surface area contributed by atoms with Gasteiger partial charge in [0.25, 0.3) is 0 Å². The predicted molar refractivity (Wildman–Crippen MR) is 101 cm³/mol. The van der Waals surface area contributed by atoms with Crippen LogP contribution in [0.2, 0.25) is 0 Å². The Bertz CT molecular complexity index is 548. The minimum Gasteiger partial charge on any atom is -0.297 e. The van der Waals surface area contributed by atoms with E-state index in [1.165, 1.54) is 36.0 Å². The van der Waals surface area contributed by atoms with Gasteiger partial charge in [0.1, 0.15) is 0 Å². The van der Waals surface area contributed by atoms with Crippen LogP contribution in [0.15, 0.2) is 63.7 Å². The molecule has 1 nitrogen and oxygen atoms in total. The Balaban J connectivity index is 2.77. The Labute approximate surface area is 136 Å². The molecule has 0 bridgehead atoms. The summed E-state index contributed by atoms with van der Waals surface area (Å²) in [6.07, 6.45) is 18.6. The summed E-state index contributed by atoms with van der Waals surface area (Å²) in [4.78, 5) is 3.95. The third kappa shape index (κ3) is 6.01. The Hall–Kier alpha value is -1.63. The molecule has 0 amide bonds. The van der Waals surface area contributed by atoms with Gasteiger partial charge in [0.05, 0.1) is 0 Å². The lowest BCUT2D eigenvalue weighted by Gasteiger charge is -2.32. The molecule has 0 aromatic rings. The average molecular weight is 297 g/mol. The lowest BCUT2D eigenvalue weighted by atomic mass is 9.72. The van der Waals surface area contributed by atoms with Gasteiger partial charge in [0, 0.05) is 13.3 Å². The van der Waals surface area contributed by atoms with Crippen LogP contribution in [-0.4, -0.2) is 13.3 Å². The van der Waals surface area contributed by atoms with E-state index >= 15 is 0 Å². The molecule has 0 aromatic heterocycles. The average Bonchev–Trinajstić information content (AvgIpc) is 2.43. The molecule has 0 heterocycles. The van der Waals surface area contributed by atoms with Gasteiger partial charge in [0.15, 0.2) is 0 Å². The van der Waals surface area contributed by atoms with Crippen molar-refractivity contribution in [1.82, 2.24) is 0 Å².